The highest BCUT2D eigenvalue weighted by molar-refractivity contribution is 5.61. The molecular weight excluding hydrogens is 389 g/mol. The molecule has 4 rings (SSSR count). The van der Waals surface area contributed by atoms with E-state index in [-0.39, 0.29) is 13.2 Å². The number of benzene rings is 2. The van der Waals surface area contributed by atoms with Gasteiger partial charge in [-0.05, 0) is 36.2 Å². The van der Waals surface area contributed by atoms with Crippen molar-refractivity contribution in [3.05, 3.63) is 65.5 Å². The van der Waals surface area contributed by atoms with E-state index in [9.17, 15) is 4.39 Å². The van der Waals surface area contributed by atoms with E-state index in [1.54, 1.807) is 23.0 Å². The standard InChI is InChI=1S/C21H20FN5O3/c1-14-10-17(6-7-19(14)29-9-8-22)21-23-20(25-30-21)16-4-2-15(3-5-16)11-27-12-18(13-28)24-26-27/h2-7,10,12,28H,8-9,11,13H2,1H3. The van der Waals surface area contributed by atoms with Crippen LogP contribution in [0.1, 0.15) is 16.8 Å². The Hall–Kier alpha value is -3.59. The molecule has 9 heteroatoms. The van der Waals surface area contributed by atoms with E-state index < -0.39 is 6.67 Å². The first-order valence-corrected chi connectivity index (χ1v) is 9.39. The van der Waals surface area contributed by atoms with Gasteiger partial charge in [-0.3, -0.25) is 0 Å². The van der Waals surface area contributed by atoms with E-state index in [1.807, 2.05) is 37.3 Å². The van der Waals surface area contributed by atoms with E-state index in [0.717, 1.165) is 22.3 Å². The highest BCUT2D eigenvalue weighted by Crippen LogP contribution is 2.27. The van der Waals surface area contributed by atoms with Gasteiger partial charge in [0, 0.05) is 11.1 Å². The third kappa shape index (κ3) is 4.36. The van der Waals surface area contributed by atoms with Gasteiger partial charge in [0.2, 0.25) is 5.82 Å². The number of aliphatic hydroxyl groups is 1. The minimum Gasteiger partial charge on any atom is -0.491 e. The van der Waals surface area contributed by atoms with Crippen molar-refractivity contribution in [3.8, 4) is 28.6 Å². The molecule has 0 unspecified atom stereocenters. The largest absolute Gasteiger partial charge is 0.491 e. The van der Waals surface area contributed by atoms with Crippen molar-refractivity contribution >= 4 is 0 Å². The number of halogens is 1. The molecule has 154 valence electrons. The van der Waals surface area contributed by atoms with E-state index in [0.29, 0.717) is 29.7 Å². The molecular formula is C21H20FN5O3. The molecule has 8 nitrogen and oxygen atoms in total. The highest BCUT2D eigenvalue weighted by Gasteiger charge is 2.12. The summed E-state index contributed by atoms with van der Waals surface area (Å²) in [5, 5.41) is 21.0. The van der Waals surface area contributed by atoms with Crippen molar-refractivity contribution in [3.63, 3.8) is 0 Å². The summed E-state index contributed by atoms with van der Waals surface area (Å²) in [6.45, 7) is 1.79. The number of hydrogen-bond acceptors (Lipinski definition) is 7. The summed E-state index contributed by atoms with van der Waals surface area (Å²) in [6.07, 6.45) is 1.70. The molecule has 0 saturated heterocycles. The summed E-state index contributed by atoms with van der Waals surface area (Å²) in [6, 6.07) is 13.2. The Morgan fingerprint density at radius 1 is 1.13 bits per heavy atom. The van der Waals surface area contributed by atoms with Crippen LogP contribution in [0.4, 0.5) is 4.39 Å². The first kappa shape index (κ1) is 19.7. The topological polar surface area (TPSA) is 99.1 Å². The smallest absolute Gasteiger partial charge is 0.258 e. The van der Waals surface area contributed by atoms with E-state index >= 15 is 0 Å². The molecule has 0 aliphatic rings. The van der Waals surface area contributed by atoms with Crippen molar-refractivity contribution in [1.29, 1.82) is 0 Å². The summed E-state index contributed by atoms with van der Waals surface area (Å²) in [4.78, 5) is 4.48. The minimum absolute atomic E-state index is 0.0282. The van der Waals surface area contributed by atoms with Crippen LogP contribution >= 0.6 is 0 Å². The molecule has 0 fully saturated rings. The number of rotatable bonds is 8. The van der Waals surface area contributed by atoms with Crippen LogP contribution in [0.5, 0.6) is 5.75 Å². The molecule has 0 radical (unpaired) electrons. The maximum atomic E-state index is 12.3. The summed E-state index contributed by atoms with van der Waals surface area (Å²) >= 11 is 0. The Bertz CT molecular complexity index is 1120. The van der Waals surface area contributed by atoms with E-state index in [4.69, 9.17) is 14.4 Å². The van der Waals surface area contributed by atoms with Gasteiger partial charge in [-0.2, -0.15) is 4.98 Å². The normalized spacial score (nSPS) is 11.0. The molecule has 2 aromatic carbocycles. The Morgan fingerprint density at radius 3 is 2.63 bits per heavy atom. The fourth-order valence-corrected chi connectivity index (χ4v) is 2.99. The van der Waals surface area contributed by atoms with Gasteiger partial charge < -0.3 is 14.4 Å². The van der Waals surface area contributed by atoms with Crippen LogP contribution in [0.25, 0.3) is 22.8 Å². The zero-order valence-corrected chi connectivity index (χ0v) is 16.3. The molecule has 0 saturated carbocycles. The van der Waals surface area contributed by atoms with E-state index in [2.05, 4.69) is 20.5 Å². The highest BCUT2D eigenvalue weighted by atomic mass is 19.1. The Morgan fingerprint density at radius 2 is 1.93 bits per heavy atom. The number of aliphatic hydroxyl groups excluding tert-OH is 1. The molecule has 4 aromatic rings. The third-order valence-corrected chi connectivity index (χ3v) is 4.49. The third-order valence-electron chi connectivity index (χ3n) is 4.49. The lowest BCUT2D eigenvalue weighted by Crippen LogP contribution is -2.00. The van der Waals surface area contributed by atoms with Gasteiger partial charge in [0.25, 0.3) is 5.89 Å². The van der Waals surface area contributed by atoms with Crippen LogP contribution in [0, 0.1) is 6.92 Å². The second kappa shape index (κ2) is 8.83. The Kier molecular flexibility index (Phi) is 5.80. The summed E-state index contributed by atoms with van der Waals surface area (Å²) in [5.41, 5.74) is 4.01. The average molecular weight is 409 g/mol. The van der Waals surface area contributed by atoms with Crippen LogP contribution in [0.2, 0.25) is 0 Å². The predicted octanol–water partition coefficient (Wildman–Crippen LogP) is 3.19. The first-order valence-electron chi connectivity index (χ1n) is 9.39. The Balaban J connectivity index is 1.47. The first-order chi connectivity index (χ1) is 14.7. The lowest BCUT2D eigenvalue weighted by Gasteiger charge is -2.07. The number of alkyl halides is 1. The van der Waals surface area contributed by atoms with Crippen LogP contribution in [0.3, 0.4) is 0 Å². The number of ether oxygens (including phenoxy) is 1. The van der Waals surface area contributed by atoms with Gasteiger partial charge in [-0.1, -0.05) is 34.6 Å². The molecule has 0 spiro atoms. The van der Waals surface area contributed by atoms with Crippen molar-refractivity contribution in [2.45, 2.75) is 20.1 Å². The molecule has 0 aliphatic heterocycles. The number of aromatic nitrogens is 5. The zero-order chi connectivity index (χ0) is 20.9. The van der Waals surface area contributed by atoms with Gasteiger partial charge in [-0.25, -0.2) is 9.07 Å². The van der Waals surface area contributed by atoms with Gasteiger partial charge in [0.05, 0.1) is 19.3 Å². The molecule has 0 aliphatic carbocycles. The van der Waals surface area contributed by atoms with Gasteiger partial charge >= 0.3 is 0 Å². The molecule has 30 heavy (non-hydrogen) atoms. The van der Waals surface area contributed by atoms with Crippen molar-refractivity contribution in [1.82, 2.24) is 25.1 Å². The Labute approximate surface area is 171 Å². The van der Waals surface area contributed by atoms with Crippen LogP contribution in [0.15, 0.2) is 53.2 Å². The van der Waals surface area contributed by atoms with Crippen LogP contribution in [-0.4, -0.2) is 43.5 Å². The van der Waals surface area contributed by atoms with Crippen LogP contribution in [-0.2, 0) is 13.2 Å². The fourth-order valence-electron chi connectivity index (χ4n) is 2.99. The molecule has 1 N–H and O–H groups in total. The van der Waals surface area contributed by atoms with Crippen molar-refractivity contribution < 1.29 is 18.8 Å². The number of nitrogens with zero attached hydrogens (tertiary/aromatic N) is 5. The maximum absolute atomic E-state index is 12.3. The minimum atomic E-state index is -0.532. The quantitative estimate of drug-likeness (QED) is 0.477. The lowest BCUT2D eigenvalue weighted by molar-refractivity contribution is 0.272. The maximum Gasteiger partial charge on any atom is 0.258 e. The molecule has 2 aromatic heterocycles. The van der Waals surface area contributed by atoms with Gasteiger partial charge in [0.15, 0.2) is 0 Å². The average Bonchev–Trinajstić information content (AvgIpc) is 3.43. The summed E-state index contributed by atoms with van der Waals surface area (Å²) in [7, 11) is 0. The SMILES string of the molecule is Cc1cc(-c2nc(-c3ccc(Cn4cc(CO)nn4)cc3)no2)ccc1OCCF. The second-order valence-electron chi connectivity index (χ2n) is 6.70. The molecule has 0 atom stereocenters. The molecule has 2 heterocycles. The molecule has 0 bridgehead atoms. The fraction of sp³-hybridized carbons (Fsp3) is 0.238. The van der Waals surface area contributed by atoms with Crippen LogP contribution < -0.4 is 4.74 Å². The number of aryl methyl sites for hydroxylation is 1. The van der Waals surface area contributed by atoms with Gasteiger partial charge in [0.1, 0.15) is 24.7 Å². The lowest BCUT2D eigenvalue weighted by atomic mass is 10.1. The monoisotopic (exact) mass is 409 g/mol. The van der Waals surface area contributed by atoms with Crippen molar-refractivity contribution in [2.75, 3.05) is 13.3 Å². The van der Waals surface area contributed by atoms with Crippen molar-refractivity contribution in [2.24, 2.45) is 0 Å². The van der Waals surface area contributed by atoms with Gasteiger partial charge in [-0.15, -0.1) is 5.10 Å². The molecule has 0 amide bonds. The number of hydrogen-bond donors (Lipinski definition) is 1. The van der Waals surface area contributed by atoms with E-state index in [1.165, 1.54) is 0 Å². The summed E-state index contributed by atoms with van der Waals surface area (Å²) in [5.74, 6) is 1.51. The zero-order valence-electron chi connectivity index (χ0n) is 16.3. The predicted molar refractivity (Wildman–Crippen MR) is 106 cm³/mol. The second-order valence-corrected chi connectivity index (χ2v) is 6.70. The summed E-state index contributed by atoms with van der Waals surface area (Å²) < 4.78 is 24.7.